The fraction of sp³-hybridized carbons (Fsp3) is 0.500. The lowest BCUT2D eigenvalue weighted by Gasteiger charge is -2.28. The third kappa shape index (κ3) is 1.69. The molecule has 2 heteroatoms. The van der Waals surface area contributed by atoms with Crippen molar-refractivity contribution < 1.29 is 0 Å². The van der Waals surface area contributed by atoms with E-state index in [1.807, 2.05) is 11.8 Å². The highest BCUT2D eigenvalue weighted by Gasteiger charge is 2.23. The molecule has 0 saturated carbocycles. The molecule has 0 amide bonds. The molecular weight excluding hydrogens is 190 g/mol. The second-order valence-corrected chi connectivity index (χ2v) is 5.29. The number of hydrogen-bond donors (Lipinski definition) is 1. The lowest BCUT2D eigenvalue weighted by Crippen LogP contribution is -2.26. The Bertz CT molecular complexity index is 335. The molecule has 0 aliphatic carbocycles. The van der Waals surface area contributed by atoms with Crippen LogP contribution in [-0.2, 0) is 12.2 Å². The molecular formula is C12H17NS. The zero-order valence-corrected chi connectivity index (χ0v) is 9.60. The maximum absolute atomic E-state index is 6.19. The average Bonchev–Trinajstić information content (AvgIpc) is 2.23. The maximum atomic E-state index is 6.19. The highest BCUT2D eigenvalue weighted by molar-refractivity contribution is 7.99. The van der Waals surface area contributed by atoms with Crippen LogP contribution >= 0.6 is 11.8 Å². The van der Waals surface area contributed by atoms with Crippen LogP contribution < -0.4 is 5.73 Å². The van der Waals surface area contributed by atoms with E-state index in [2.05, 4.69) is 32.0 Å². The van der Waals surface area contributed by atoms with Gasteiger partial charge in [0.25, 0.3) is 0 Å². The predicted octanol–water partition coefficient (Wildman–Crippen LogP) is 2.88. The third-order valence-corrected chi connectivity index (χ3v) is 4.28. The van der Waals surface area contributed by atoms with E-state index in [1.165, 1.54) is 16.7 Å². The van der Waals surface area contributed by atoms with Crippen molar-refractivity contribution in [2.75, 3.05) is 0 Å². The molecule has 2 N–H and O–H groups in total. The van der Waals surface area contributed by atoms with Crippen LogP contribution in [0.1, 0.15) is 36.6 Å². The van der Waals surface area contributed by atoms with Crippen molar-refractivity contribution in [2.45, 2.75) is 37.3 Å². The minimum absolute atomic E-state index is 0.218. The van der Waals surface area contributed by atoms with Crippen LogP contribution in [0.5, 0.6) is 0 Å². The van der Waals surface area contributed by atoms with E-state index in [-0.39, 0.29) is 6.04 Å². The summed E-state index contributed by atoms with van der Waals surface area (Å²) in [7, 11) is 0. The largest absolute Gasteiger partial charge is 0.323 e. The summed E-state index contributed by atoms with van der Waals surface area (Å²) in [4.78, 5) is 0. The molecule has 1 aliphatic heterocycles. The topological polar surface area (TPSA) is 26.0 Å². The van der Waals surface area contributed by atoms with Gasteiger partial charge < -0.3 is 5.73 Å². The molecule has 14 heavy (non-hydrogen) atoms. The molecule has 2 rings (SSSR count). The van der Waals surface area contributed by atoms with Gasteiger partial charge in [-0.25, -0.2) is 0 Å². The molecule has 1 aromatic rings. The lowest BCUT2D eigenvalue weighted by molar-refractivity contribution is 0.697. The zero-order chi connectivity index (χ0) is 10.1. The maximum Gasteiger partial charge on any atom is 0.0416 e. The Hall–Kier alpha value is -0.470. The summed E-state index contributed by atoms with van der Waals surface area (Å²) in [5.41, 5.74) is 10.4. The van der Waals surface area contributed by atoms with Gasteiger partial charge in [0.1, 0.15) is 0 Å². The van der Waals surface area contributed by atoms with E-state index < -0.39 is 0 Å². The average molecular weight is 207 g/mol. The Morgan fingerprint density at radius 3 is 3.00 bits per heavy atom. The van der Waals surface area contributed by atoms with E-state index in [1.54, 1.807) is 0 Å². The van der Waals surface area contributed by atoms with Crippen LogP contribution in [0, 0.1) is 0 Å². The summed E-state index contributed by atoms with van der Waals surface area (Å²) < 4.78 is 0. The Kier molecular flexibility index (Phi) is 2.84. The monoisotopic (exact) mass is 207 g/mol. The number of fused-ring (bicyclic) bond motifs is 1. The van der Waals surface area contributed by atoms with Crippen LogP contribution in [0.2, 0.25) is 0 Å². The van der Waals surface area contributed by atoms with Crippen molar-refractivity contribution in [3.05, 3.63) is 34.9 Å². The van der Waals surface area contributed by atoms with E-state index in [0.29, 0.717) is 5.25 Å². The molecule has 2 atom stereocenters. The van der Waals surface area contributed by atoms with Gasteiger partial charge in [-0.1, -0.05) is 32.0 Å². The number of nitrogens with two attached hydrogens (primary N) is 1. The van der Waals surface area contributed by atoms with Gasteiger partial charge in [-0.2, -0.15) is 11.8 Å². The van der Waals surface area contributed by atoms with Crippen molar-refractivity contribution >= 4 is 11.8 Å². The zero-order valence-electron chi connectivity index (χ0n) is 8.79. The highest BCUT2D eigenvalue weighted by atomic mass is 32.2. The van der Waals surface area contributed by atoms with Crippen molar-refractivity contribution in [3.63, 3.8) is 0 Å². The van der Waals surface area contributed by atoms with Crippen molar-refractivity contribution in [1.29, 1.82) is 0 Å². The van der Waals surface area contributed by atoms with Gasteiger partial charge in [0.2, 0.25) is 0 Å². The Balaban J connectivity index is 2.41. The number of thioether (sulfide) groups is 1. The van der Waals surface area contributed by atoms with Gasteiger partial charge in [0.15, 0.2) is 0 Å². The molecule has 76 valence electrons. The molecule has 0 fully saturated rings. The SMILES string of the molecule is CCc1ccc2c(c1)C(N)C(C)SC2. The van der Waals surface area contributed by atoms with Crippen LogP contribution in [0.25, 0.3) is 0 Å². The summed E-state index contributed by atoms with van der Waals surface area (Å²) in [5, 5.41) is 0.551. The Morgan fingerprint density at radius 2 is 2.29 bits per heavy atom. The molecule has 0 saturated heterocycles. The molecule has 0 spiro atoms. The van der Waals surface area contributed by atoms with Crippen molar-refractivity contribution in [2.24, 2.45) is 5.73 Å². The second kappa shape index (κ2) is 3.95. The second-order valence-electron chi connectivity index (χ2n) is 3.93. The van der Waals surface area contributed by atoms with E-state index in [4.69, 9.17) is 5.73 Å². The highest BCUT2D eigenvalue weighted by Crippen LogP contribution is 2.36. The van der Waals surface area contributed by atoms with E-state index in [0.717, 1.165) is 12.2 Å². The van der Waals surface area contributed by atoms with Gasteiger partial charge in [-0.15, -0.1) is 0 Å². The van der Waals surface area contributed by atoms with Crippen LogP contribution in [-0.4, -0.2) is 5.25 Å². The molecule has 0 bridgehead atoms. The van der Waals surface area contributed by atoms with Crippen LogP contribution in [0.3, 0.4) is 0 Å². The normalized spacial score (nSPS) is 25.9. The number of aryl methyl sites for hydroxylation is 1. The number of benzene rings is 1. The first-order valence-corrected chi connectivity index (χ1v) is 6.26. The molecule has 1 aliphatic rings. The molecule has 1 heterocycles. The summed E-state index contributed by atoms with van der Waals surface area (Å²) in [6, 6.07) is 6.97. The summed E-state index contributed by atoms with van der Waals surface area (Å²) >= 11 is 1.96. The summed E-state index contributed by atoms with van der Waals surface area (Å²) in [5.74, 6) is 1.12. The number of rotatable bonds is 1. The fourth-order valence-electron chi connectivity index (χ4n) is 1.88. The van der Waals surface area contributed by atoms with Crippen molar-refractivity contribution in [1.82, 2.24) is 0 Å². The van der Waals surface area contributed by atoms with Gasteiger partial charge in [0.05, 0.1) is 0 Å². The Labute approximate surface area is 90.1 Å². The third-order valence-electron chi connectivity index (χ3n) is 2.99. The minimum Gasteiger partial charge on any atom is -0.323 e. The predicted molar refractivity (Wildman–Crippen MR) is 63.5 cm³/mol. The molecule has 0 radical (unpaired) electrons. The molecule has 1 aromatic carbocycles. The standard InChI is InChI=1S/C12H17NS/c1-3-9-4-5-10-7-14-8(2)12(13)11(10)6-9/h4-6,8,12H,3,7,13H2,1-2H3. The quantitative estimate of drug-likeness (QED) is 0.766. The first-order valence-electron chi connectivity index (χ1n) is 5.21. The Morgan fingerprint density at radius 1 is 1.50 bits per heavy atom. The minimum atomic E-state index is 0.218. The molecule has 1 nitrogen and oxygen atoms in total. The summed E-state index contributed by atoms with van der Waals surface area (Å²) in [6.45, 7) is 4.41. The summed E-state index contributed by atoms with van der Waals surface area (Å²) in [6.07, 6.45) is 1.10. The van der Waals surface area contributed by atoms with Crippen molar-refractivity contribution in [3.8, 4) is 0 Å². The van der Waals surface area contributed by atoms with Crippen LogP contribution in [0.4, 0.5) is 0 Å². The lowest BCUT2D eigenvalue weighted by atomic mass is 9.96. The number of hydrogen-bond acceptors (Lipinski definition) is 2. The van der Waals surface area contributed by atoms with Gasteiger partial charge in [-0.3, -0.25) is 0 Å². The van der Waals surface area contributed by atoms with E-state index >= 15 is 0 Å². The smallest absolute Gasteiger partial charge is 0.0416 e. The molecule has 0 aromatic heterocycles. The van der Waals surface area contributed by atoms with Gasteiger partial charge in [0, 0.05) is 17.0 Å². The van der Waals surface area contributed by atoms with Crippen LogP contribution in [0.15, 0.2) is 18.2 Å². The van der Waals surface area contributed by atoms with Gasteiger partial charge in [-0.05, 0) is 23.1 Å². The van der Waals surface area contributed by atoms with E-state index in [9.17, 15) is 0 Å². The van der Waals surface area contributed by atoms with Gasteiger partial charge >= 0.3 is 0 Å². The first-order chi connectivity index (χ1) is 6.72. The molecule has 2 unspecified atom stereocenters. The first kappa shape index (κ1) is 10.1. The fourth-order valence-corrected chi connectivity index (χ4v) is 2.94.